The number of anilines is 1. The second-order valence-electron chi connectivity index (χ2n) is 7.02. The Labute approximate surface area is 176 Å². The Morgan fingerprint density at radius 3 is 2.47 bits per heavy atom. The van der Waals surface area contributed by atoms with E-state index in [1.54, 1.807) is 0 Å². The zero-order chi connectivity index (χ0) is 22.0. The van der Waals surface area contributed by atoms with Gasteiger partial charge in [0.15, 0.2) is 5.78 Å². The highest BCUT2D eigenvalue weighted by Crippen LogP contribution is 2.25. The van der Waals surface area contributed by atoms with Gasteiger partial charge in [0, 0.05) is 19.2 Å². The SMILES string of the molecule is CCCn1c(N)c(C(=O)CSc2nnc(-c3cc(C)cc(C)c3)o2)c(=O)n(C)c1=O. The predicted octanol–water partition coefficient (Wildman–Crippen LogP) is 2.18. The summed E-state index contributed by atoms with van der Waals surface area (Å²) in [5.74, 6) is -0.395. The summed E-state index contributed by atoms with van der Waals surface area (Å²) in [6, 6.07) is 5.90. The maximum Gasteiger partial charge on any atom is 0.332 e. The first-order valence-corrected chi connectivity index (χ1v) is 10.4. The van der Waals surface area contributed by atoms with Gasteiger partial charge in [0.1, 0.15) is 11.4 Å². The van der Waals surface area contributed by atoms with Crippen LogP contribution < -0.4 is 17.0 Å². The van der Waals surface area contributed by atoms with E-state index in [1.165, 1.54) is 11.6 Å². The number of carbonyl (C=O) groups is 1. The molecule has 3 aromatic rings. The molecule has 30 heavy (non-hydrogen) atoms. The van der Waals surface area contributed by atoms with E-state index in [0.717, 1.165) is 33.0 Å². The number of hydrogen-bond acceptors (Lipinski definition) is 8. The van der Waals surface area contributed by atoms with Gasteiger partial charge in [0.25, 0.3) is 10.8 Å². The molecule has 0 saturated carbocycles. The van der Waals surface area contributed by atoms with E-state index in [9.17, 15) is 14.4 Å². The molecular weight excluding hydrogens is 406 g/mol. The molecule has 0 aliphatic rings. The highest BCUT2D eigenvalue weighted by atomic mass is 32.2. The highest BCUT2D eigenvalue weighted by molar-refractivity contribution is 7.99. The molecule has 0 unspecified atom stereocenters. The number of benzene rings is 1. The number of nitrogens with two attached hydrogens (primary N) is 1. The summed E-state index contributed by atoms with van der Waals surface area (Å²) in [6.45, 7) is 6.14. The molecule has 158 valence electrons. The Morgan fingerprint density at radius 2 is 1.83 bits per heavy atom. The molecule has 0 bridgehead atoms. The third-order valence-electron chi connectivity index (χ3n) is 4.51. The third-order valence-corrected chi connectivity index (χ3v) is 5.33. The van der Waals surface area contributed by atoms with Crippen LogP contribution >= 0.6 is 11.8 Å². The van der Waals surface area contributed by atoms with Crippen LogP contribution in [0.1, 0.15) is 34.8 Å². The Kier molecular flexibility index (Phi) is 6.25. The average molecular weight is 430 g/mol. The van der Waals surface area contributed by atoms with Crippen molar-refractivity contribution >= 4 is 23.4 Å². The van der Waals surface area contributed by atoms with Gasteiger partial charge in [-0.25, -0.2) is 4.79 Å². The van der Waals surface area contributed by atoms with Crippen LogP contribution in [-0.4, -0.2) is 30.9 Å². The lowest BCUT2D eigenvalue weighted by atomic mass is 10.1. The smallest absolute Gasteiger partial charge is 0.332 e. The van der Waals surface area contributed by atoms with Gasteiger partial charge in [0.05, 0.1) is 5.75 Å². The fourth-order valence-electron chi connectivity index (χ4n) is 3.17. The summed E-state index contributed by atoms with van der Waals surface area (Å²) in [6.07, 6.45) is 0.633. The largest absolute Gasteiger partial charge is 0.411 e. The second kappa shape index (κ2) is 8.70. The van der Waals surface area contributed by atoms with Gasteiger partial charge in [-0.05, 0) is 32.4 Å². The molecule has 10 heteroatoms. The molecule has 2 heterocycles. The van der Waals surface area contributed by atoms with E-state index in [1.807, 2.05) is 39.0 Å². The average Bonchev–Trinajstić information content (AvgIpc) is 3.17. The molecular formula is C20H23N5O4S. The number of hydrogen-bond donors (Lipinski definition) is 1. The molecule has 0 spiro atoms. The number of thioether (sulfide) groups is 1. The summed E-state index contributed by atoms with van der Waals surface area (Å²) >= 11 is 1.01. The number of carbonyl (C=O) groups excluding carboxylic acids is 1. The lowest BCUT2D eigenvalue weighted by Gasteiger charge is -2.13. The van der Waals surface area contributed by atoms with E-state index in [-0.39, 0.29) is 22.4 Å². The van der Waals surface area contributed by atoms with Crippen molar-refractivity contribution in [1.29, 1.82) is 0 Å². The summed E-state index contributed by atoms with van der Waals surface area (Å²) in [5, 5.41) is 8.20. The maximum absolute atomic E-state index is 12.7. The molecule has 0 saturated heterocycles. The summed E-state index contributed by atoms with van der Waals surface area (Å²) in [4.78, 5) is 37.4. The third kappa shape index (κ3) is 4.23. The van der Waals surface area contributed by atoms with Gasteiger partial charge in [-0.1, -0.05) is 35.9 Å². The monoisotopic (exact) mass is 429 g/mol. The molecule has 0 fully saturated rings. The molecule has 0 aliphatic heterocycles. The van der Waals surface area contributed by atoms with Crippen molar-refractivity contribution < 1.29 is 9.21 Å². The Balaban J connectivity index is 1.82. The van der Waals surface area contributed by atoms with Crippen LogP contribution in [0.15, 0.2) is 37.4 Å². The Bertz CT molecular complexity index is 1200. The van der Waals surface area contributed by atoms with Crippen LogP contribution in [0.25, 0.3) is 11.5 Å². The van der Waals surface area contributed by atoms with Crippen molar-refractivity contribution in [3.05, 3.63) is 55.7 Å². The second-order valence-corrected chi connectivity index (χ2v) is 7.95. The molecule has 0 amide bonds. The number of aromatic nitrogens is 4. The van der Waals surface area contributed by atoms with Crippen molar-refractivity contribution in [2.24, 2.45) is 7.05 Å². The van der Waals surface area contributed by atoms with Crippen LogP contribution in [0.2, 0.25) is 0 Å². The van der Waals surface area contributed by atoms with Crippen molar-refractivity contribution in [2.75, 3.05) is 11.5 Å². The molecule has 2 aromatic heterocycles. The van der Waals surface area contributed by atoms with Gasteiger partial charge in [-0.15, -0.1) is 10.2 Å². The number of Topliss-reactive ketones (excluding diaryl/α,β-unsaturated/α-hetero) is 1. The van der Waals surface area contributed by atoms with Gasteiger partial charge in [-0.2, -0.15) is 0 Å². The van der Waals surface area contributed by atoms with Crippen LogP contribution in [-0.2, 0) is 13.6 Å². The highest BCUT2D eigenvalue weighted by Gasteiger charge is 2.22. The fourth-order valence-corrected chi connectivity index (χ4v) is 3.80. The van der Waals surface area contributed by atoms with Crippen LogP contribution in [0.4, 0.5) is 5.82 Å². The number of aryl methyl sites for hydroxylation is 2. The van der Waals surface area contributed by atoms with E-state index in [2.05, 4.69) is 10.2 Å². The van der Waals surface area contributed by atoms with Crippen LogP contribution in [0, 0.1) is 13.8 Å². The number of nitrogens with zero attached hydrogens (tertiary/aromatic N) is 4. The van der Waals surface area contributed by atoms with E-state index in [0.29, 0.717) is 18.9 Å². The normalized spacial score (nSPS) is 11.1. The lowest BCUT2D eigenvalue weighted by molar-refractivity contribution is 0.102. The number of rotatable bonds is 7. The van der Waals surface area contributed by atoms with Crippen molar-refractivity contribution in [2.45, 2.75) is 39.0 Å². The molecule has 1 aromatic carbocycles. The van der Waals surface area contributed by atoms with Gasteiger partial charge in [-0.3, -0.25) is 18.7 Å². The van der Waals surface area contributed by atoms with Crippen LogP contribution in [0.5, 0.6) is 0 Å². The minimum atomic E-state index is -0.711. The quantitative estimate of drug-likeness (QED) is 0.447. The first-order chi connectivity index (χ1) is 14.2. The summed E-state index contributed by atoms with van der Waals surface area (Å²) in [5.41, 5.74) is 7.47. The summed E-state index contributed by atoms with van der Waals surface area (Å²) in [7, 11) is 1.33. The number of nitrogen functional groups attached to an aromatic ring is 1. The van der Waals surface area contributed by atoms with Crippen molar-refractivity contribution in [1.82, 2.24) is 19.3 Å². The van der Waals surface area contributed by atoms with E-state index < -0.39 is 17.0 Å². The lowest BCUT2D eigenvalue weighted by Crippen LogP contribution is -2.42. The molecule has 0 aliphatic carbocycles. The van der Waals surface area contributed by atoms with E-state index in [4.69, 9.17) is 10.2 Å². The van der Waals surface area contributed by atoms with Crippen LogP contribution in [0.3, 0.4) is 0 Å². The van der Waals surface area contributed by atoms with E-state index >= 15 is 0 Å². The fraction of sp³-hybridized carbons (Fsp3) is 0.350. The molecule has 0 radical (unpaired) electrons. The Hall–Kier alpha value is -3.14. The zero-order valence-electron chi connectivity index (χ0n) is 17.3. The van der Waals surface area contributed by atoms with Crippen molar-refractivity contribution in [3.8, 4) is 11.5 Å². The molecule has 3 rings (SSSR count). The molecule has 9 nitrogen and oxygen atoms in total. The minimum Gasteiger partial charge on any atom is -0.411 e. The molecule has 0 atom stereocenters. The zero-order valence-corrected chi connectivity index (χ0v) is 18.1. The topological polar surface area (TPSA) is 126 Å². The Morgan fingerprint density at radius 1 is 1.17 bits per heavy atom. The minimum absolute atomic E-state index is 0.114. The predicted molar refractivity (Wildman–Crippen MR) is 115 cm³/mol. The van der Waals surface area contributed by atoms with Crippen molar-refractivity contribution in [3.63, 3.8) is 0 Å². The first-order valence-electron chi connectivity index (χ1n) is 9.40. The van der Waals surface area contributed by atoms with Gasteiger partial charge < -0.3 is 10.2 Å². The van der Waals surface area contributed by atoms with Gasteiger partial charge in [0.2, 0.25) is 5.89 Å². The first kappa shape index (κ1) is 21.6. The summed E-state index contributed by atoms with van der Waals surface area (Å²) < 4.78 is 7.79. The number of ketones is 1. The maximum atomic E-state index is 12.7. The van der Waals surface area contributed by atoms with Gasteiger partial charge >= 0.3 is 5.69 Å². The molecule has 2 N–H and O–H groups in total. The standard InChI is InChI=1S/C20H23N5O4S/c1-5-6-25-16(21)15(18(27)24(4)20(25)28)14(26)10-30-19-23-22-17(29-19)13-8-11(2)7-12(3)9-13/h7-9H,5-6,10,21H2,1-4H3.